The Kier molecular flexibility index (Phi) is 13.6. The topological polar surface area (TPSA) is 181 Å². The number of nitrogens with zero attached hydrogens (tertiary/aromatic N) is 4. The highest BCUT2D eigenvalue weighted by Crippen LogP contribution is 2.39. The standard InChI is InChI=1S/C47H59N7O8/c1-26(2)32(23-41(55)61-7)45(56)53-17-9-11-39(53)43-48-35-15-13-28(21-37(35)50-43)33-19-31(25-60-6)34(20-30(33)24-59-5)29-14-16-36-38(22-29)51-44(49-36)40-12-10-18-54(40)46(57)42(27(3)4)52-47(58)62-8/h13-16,19-22,26-27,32,39-40,42H,9-12,17-18,23-25H2,1-8H3,(H,48,50)(H,49,51)(H,52,58)/t32-,39?,40-,42-/m0/s1. The van der Waals surface area contributed by atoms with Gasteiger partial charge >= 0.3 is 12.1 Å². The van der Waals surface area contributed by atoms with Crippen LogP contribution in [0, 0.1) is 17.8 Å². The number of aromatic amines is 2. The molecule has 0 radical (unpaired) electrons. The number of alkyl carbamates (subject to hydrolysis) is 1. The molecule has 2 saturated heterocycles. The first-order chi connectivity index (χ1) is 29.8. The number of aromatic nitrogens is 4. The second kappa shape index (κ2) is 19.1. The molecule has 2 aromatic heterocycles. The number of hydrogen-bond acceptors (Lipinski definition) is 10. The maximum Gasteiger partial charge on any atom is 0.407 e. The molecule has 62 heavy (non-hydrogen) atoms. The predicted molar refractivity (Wildman–Crippen MR) is 235 cm³/mol. The summed E-state index contributed by atoms with van der Waals surface area (Å²) >= 11 is 0. The fourth-order valence-corrected chi connectivity index (χ4v) is 9.08. The Morgan fingerprint density at radius 1 is 0.694 bits per heavy atom. The molecule has 0 spiro atoms. The highest BCUT2D eigenvalue weighted by Gasteiger charge is 2.39. The Bertz CT molecular complexity index is 2270. The molecule has 0 saturated carbocycles. The Morgan fingerprint density at radius 3 is 1.63 bits per heavy atom. The van der Waals surface area contributed by atoms with E-state index in [9.17, 15) is 19.2 Å². The van der Waals surface area contributed by atoms with E-state index >= 15 is 0 Å². The molecule has 330 valence electrons. The minimum atomic E-state index is -0.717. The fraction of sp³-hybridized carbons (Fsp3) is 0.489. The van der Waals surface area contributed by atoms with Crippen LogP contribution in [0.5, 0.6) is 0 Å². The zero-order chi connectivity index (χ0) is 44.2. The Labute approximate surface area is 362 Å². The van der Waals surface area contributed by atoms with Crippen molar-refractivity contribution in [3.63, 3.8) is 0 Å². The normalized spacial score (nSPS) is 17.6. The summed E-state index contributed by atoms with van der Waals surface area (Å²) in [5.74, 6) is 0.231. The molecule has 4 atom stereocenters. The first-order valence-electron chi connectivity index (χ1n) is 21.5. The molecule has 7 rings (SSSR count). The number of ether oxygens (including phenoxy) is 4. The smallest absolute Gasteiger partial charge is 0.407 e. The van der Waals surface area contributed by atoms with Crippen molar-refractivity contribution in [2.45, 2.75) is 91.1 Å². The Hall–Kier alpha value is -5.80. The minimum Gasteiger partial charge on any atom is -0.469 e. The molecular formula is C47H59N7O8. The average Bonchev–Trinajstić information content (AvgIpc) is 4.09. The van der Waals surface area contributed by atoms with E-state index in [2.05, 4.69) is 51.7 Å². The summed E-state index contributed by atoms with van der Waals surface area (Å²) in [7, 11) is 6.01. The summed E-state index contributed by atoms with van der Waals surface area (Å²) in [6.07, 6.45) is 2.62. The molecule has 1 unspecified atom stereocenters. The number of likely N-dealkylation sites (tertiary alicyclic amines) is 2. The van der Waals surface area contributed by atoms with Crippen LogP contribution < -0.4 is 5.32 Å². The largest absolute Gasteiger partial charge is 0.469 e. The van der Waals surface area contributed by atoms with Crippen molar-refractivity contribution >= 4 is 45.9 Å². The number of H-pyrrole nitrogens is 2. The van der Waals surface area contributed by atoms with Crippen LogP contribution >= 0.6 is 0 Å². The van der Waals surface area contributed by atoms with E-state index in [0.717, 1.165) is 87.0 Å². The maximum atomic E-state index is 13.8. The van der Waals surface area contributed by atoms with Crippen molar-refractivity contribution in [2.24, 2.45) is 17.8 Å². The van der Waals surface area contributed by atoms with Crippen LogP contribution in [0.15, 0.2) is 48.5 Å². The van der Waals surface area contributed by atoms with Gasteiger partial charge in [0, 0.05) is 27.3 Å². The van der Waals surface area contributed by atoms with E-state index in [-0.39, 0.29) is 48.1 Å². The molecule has 0 aliphatic carbocycles. The van der Waals surface area contributed by atoms with E-state index in [4.69, 9.17) is 28.9 Å². The third-order valence-electron chi connectivity index (χ3n) is 12.4. The van der Waals surface area contributed by atoms with Gasteiger partial charge in [0.2, 0.25) is 11.8 Å². The summed E-state index contributed by atoms with van der Waals surface area (Å²) in [6.45, 7) is 9.64. The molecule has 15 heteroatoms. The zero-order valence-corrected chi connectivity index (χ0v) is 37.0. The van der Waals surface area contributed by atoms with Gasteiger partial charge in [-0.25, -0.2) is 14.8 Å². The Morgan fingerprint density at radius 2 is 1.19 bits per heavy atom. The number of methoxy groups -OCH3 is 4. The number of imidazole rings is 2. The van der Waals surface area contributed by atoms with Crippen LogP contribution in [0.4, 0.5) is 4.79 Å². The van der Waals surface area contributed by atoms with Gasteiger partial charge in [-0.2, -0.15) is 0 Å². The van der Waals surface area contributed by atoms with Crippen LogP contribution in [-0.2, 0) is 46.5 Å². The number of carbonyl (C=O) groups excluding carboxylic acids is 4. The van der Waals surface area contributed by atoms with E-state index in [1.807, 2.05) is 49.6 Å². The number of amides is 3. The first kappa shape index (κ1) is 44.3. The van der Waals surface area contributed by atoms with Crippen LogP contribution in [0.2, 0.25) is 0 Å². The number of fused-ring (bicyclic) bond motifs is 2. The Balaban J connectivity index is 1.18. The van der Waals surface area contributed by atoms with Crippen molar-refractivity contribution in [3.05, 3.63) is 71.3 Å². The highest BCUT2D eigenvalue weighted by molar-refractivity contribution is 5.89. The molecular weight excluding hydrogens is 791 g/mol. The van der Waals surface area contributed by atoms with Gasteiger partial charge in [0.1, 0.15) is 17.7 Å². The lowest BCUT2D eigenvalue weighted by atomic mass is 9.90. The van der Waals surface area contributed by atoms with Crippen LogP contribution in [0.1, 0.15) is 94.7 Å². The third kappa shape index (κ3) is 9.05. The van der Waals surface area contributed by atoms with Gasteiger partial charge in [-0.3, -0.25) is 14.4 Å². The predicted octanol–water partition coefficient (Wildman–Crippen LogP) is 7.61. The van der Waals surface area contributed by atoms with Crippen molar-refractivity contribution in [2.75, 3.05) is 41.5 Å². The molecule has 3 N–H and O–H groups in total. The number of carbonyl (C=O) groups is 4. The quantitative estimate of drug-likeness (QED) is 0.0888. The van der Waals surface area contributed by atoms with Crippen molar-refractivity contribution in [3.8, 4) is 22.3 Å². The molecule has 2 aliphatic heterocycles. The van der Waals surface area contributed by atoms with Crippen molar-refractivity contribution in [1.82, 2.24) is 35.1 Å². The number of esters is 1. The van der Waals surface area contributed by atoms with Crippen molar-refractivity contribution < 1.29 is 38.1 Å². The van der Waals surface area contributed by atoms with Crippen LogP contribution in [0.25, 0.3) is 44.3 Å². The number of hydrogen-bond donors (Lipinski definition) is 3. The van der Waals surface area contributed by atoms with E-state index < -0.39 is 18.1 Å². The minimum absolute atomic E-state index is 0.0209. The average molecular weight is 850 g/mol. The molecule has 2 fully saturated rings. The number of benzene rings is 3. The van der Waals surface area contributed by atoms with Crippen LogP contribution in [-0.4, -0.2) is 101 Å². The lowest BCUT2D eigenvalue weighted by molar-refractivity contribution is -0.148. The lowest BCUT2D eigenvalue weighted by Gasteiger charge is -2.29. The molecule has 2 aliphatic rings. The second-order valence-electron chi connectivity index (χ2n) is 17.1. The monoisotopic (exact) mass is 849 g/mol. The SMILES string of the molecule is COCc1cc(-c2ccc3nc([C@@H]4CCCN4C(=O)[C@@H](NC(=O)OC)C(C)C)[nH]c3c2)c(COC)cc1-c1ccc2nc(C3CCCN3C(=O)[C@@H](CC(=O)OC)C(C)C)[nH]c2c1. The second-order valence-corrected chi connectivity index (χ2v) is 17.1. The summed E-state index contributed by atoms with van der Waals surface area (Å²) in [5, 5.41) is 2.72. The van der Waals surface area contributed by atoms with E-state index in [1.54, 1.807) is 14.2 Å². The zero-order valence-electron chi connectivity index (χ0n) is 37.0. The summed E-state index contributed by atoms with van der Waals surface area (Å²) in [6, 6.07) is 15.4. The third-order valence-corrected chi connectivity index (χ3v) is 12.4. The molecule has 0 bridgehead atoms. The maximum absolute atomic E-state index is 13.8. The van der Waals surface area contributed by atoms with E-state index in [0.29, 0.717) is 32.1 Å². The van der Waals surface area contributed by atoms with Gasteiger partial charge in [-0.05, 0) is 107 Å². The van der Waals surface area contributed by atoms with Gasteiger partial charge in [0.05, 0.1) is 73.9 Å². The van der Waals surface area contributed by atoms with E-state index in [1.165, 1.54) is 14.2 Å². The summed E-state index contributed by atoms with van der Waals surface area (Å²) in [4.78, 5) is 72.6. The van der Waals surface area contributed by atoms with Crippen LogP contribution in [0.3, 0.4) is 0 Å². The van der Waals surface area contributed by atoms with Gasteiger partial charge < -0.3 is 44.0 Å². The number of rotatable bonds is 15. The first-order valence-corrected chi connectivity index (χ1v) is 21.5. The van der Waals surface area contributed by atoms with Gasteiger partial charge in [0.15, 0.2) is 0 Å². The van der Waals surface area contributed by atoms with Gasteiger partial charge in [-0.15, -0.1) is 0 Å². The highest BCUT2D eigenvalue weighted by atomic mass is 16.5. The number of nitrogens with one attached hydrogen (secondary N) is 3. The summed E-state index contributed by atoms with van der Waals surface area (Å²) in [5.41, 5.74) is 9.22. The lowest BCUT2D eigenvalue weighted by Crippen LogP contribution is -2.51. The summed E-state index contributed by atoms with van der Waals surface area (Å²) < 4.78 is 21.2. The van der Waals surface area contributed by atoms with Gasteiger partial charge in [0.25, 0.3) is 0 Å². The molecule has 3 aromatic carbocycles. The van der Waals surface area contributed by atoms with Gasteiger partial charge in [-0.1, -0.05) is 39.8 Å². The molecule has 3 amide bonds. The fourth-order valence-electron chi connectivity index (χ4n) is 9.08. The van der Waals surface area contributed by atoms with Crippen molar-refractivity contribution in [1.29, 1.82) is 0 Å². The molecule has 15 nitrogen and oxygen atoms in total. The molecule has 4 heterocycles. The molecule has 5 aromatic rings.